The number of rotatable bonds is 1. The van der Waals surface area contributed by atoms with E-state index < -0.39 is 5.97 Å². The van der Waals surface area contributed by atoms with Gasteiger partial charge in [-0.2, -0.15) is 0 Å². The number of carbonyl (C=O) groups is 1. The number of hydrogen-bond donors (Lipinski definition) is 1. The topological polar surface area (TPSA) is 67.5 Å². The molecule has 1 N–H and O–H groups in total. The molecule has 13 heavy (non-hydrogen) atoms. The van der Waals surface area contributed by atoms with Crippen molar-refractivity contribution < 1.29 is 9.90 Å². The van der Waals surface area contributed by atoms with Gasteiger partial charge in [0.25, 0.3) is 0 Å². The lowest BCUT2D eigenvalue weighted by Gasteiger charge is -1.94. The molecule has 5 nitrogen and oxygen atoms in total. The summed E-state index contributed by atoms with van der Waals surface area (Å²) in [6.45, 7) is 1.84. The van der Waals surface area contributed by atoms with E-state index in [1.165, 1.54) is 12.4 Å². The fourth-order valence-electron chi connectivity index (χ4n) is 1.15. The van der Waals surface area contributed by atoms with Crippen molar-refractivity contribution in [2.24, 2.45) is 0 Å². The molecule has 2 aromatic heterocycles. The van der Waals surface area contributed by atoms with Crippen molar-refractivity contribution in [1.82, 2.24) is 14.4 Å². The van der Waals surface area contributed by atoms with Crippen LogP contribution in [0.2, 0.25) is 0 Å². The summed E-state index contributed by atoms with van der Waals surface area (Å²) >= 11 is 0. The van der Waals surface area contributed by atoms with Gasteiger partial charge in [0.15, 0.2) is 11.3 Å². The molecule has 0 saturated heterocycles. The minimum absolute atomic E-state index is 0.0381. The maximum atomic E-state index is 10.6. The monoisotopic (exact) mass is 177 g/mol. The first-order chi connectivity index (χ1) is 6.18. The number of carboxylic acids is 1. The fraction of sp³-hybridized carbons (Fsp3) is 0.125. The van der Waals surface area contributed by atoms with Crippen molar-refractivity contribution in [3.8, 4) is 0 Å². The fourth-order valence-corrected chi connectivity index (χ4v) is 1.15. The lowest BCUT2D eigenvalue weighted by molar-refractivity contribution is 0.0691. The van der Waals surface area contributed by atoms with Crippen LogP contribution < -0.4 is 0 Å². The van der Waals surface area contributed by atoms with E-state index in [2.05, 4.69) is 9.97 Å². The Hall–Kier alpha value is -1.91. The first-order valence-corrected chi connectivity index (χ1v) is 3.71. The van der Waals surface area contributed by atoms with Crippen molar-refractivity contribution in [2.75, 3.05) is 0 Å². The van der Waals surface area contributed by atoms with E-state index in [1.54, 1.807) is 10.6 Å². The number of fused-ring (bicyclic) bond motifs is 1. The summed E-state index contributed by atoms with van der Waals surface area (Å²) in [5, 5.41) is 8.68. The molecule has 5 heteroatoms. The Morgan fingerprint density at radius 3 is 2.92 bits per heavy atom. The minimum atomic E-state index is -1.02. The maximum Gasteiger partial charge on any atom is 0.356 e. The predicted octanol–water partition coefficient (Wildman–Crippen LogP) is 0.736. The van der Waals surface area contributed by atoms with E-state index in [1.807, 2.05) is 6.92 Å². The molecule has 0 aliphatic carbocycles. The van der Waals surface area contributed by atoms with Gasteiger partial charge in [0.2, 0.25) is 0 Å². The molecule has 2 aromatic rings. The van der Waals surface area contributed by atoms with Gasteiger partial charge in [-0.1, -0.05) is 0 Å². The Balaban J connectivity index is 2.75. The van der Waals surface area contributed by atoms with Crippen LogP contribution in [-0.4, -0.2) is 25.4 Å². The second-order valence-corrected chi connectivity index (χ2v) is 2.71. The number of aromatic carboxylic acids is 1. The van der Waals surface area contributed by atoms with Crippen LogP contribution in [0.5, 0.6) is 0 Å². The third-order valence-electron chi connectivity index (χ3n) is 1.78. The van der Waals surface area contributed by atoms with E-state index in [-0.39, 0.29) is 5.69 Å². The molecule has 0 bridgehead atoms. The lowest BCUT2D eigenvalue weighted by atomic mass is 10.5. The molecule has 0 unspecified atom stereocenters. The molecule has 0 atom stereocenters. The lowest BCUT2D eigenvalue weighted by Crippen LogP contribution is -1.95. The first kappa shape index (κ1) is 7.72. The summed E-state index contributed by atoms with van der Waals surface area (Å²) in [5.41, 5.74) is 1.45. The van der Waals surface area contributed by atoms with Gasteiger partial charge in [0, 0.05) is 18.1 Å². The normalized spacial score (nSPS) is 10.5. The highest BCUT2D eigenvalue weighted by Gasteiger charge is 2.08. The zero-order chi connectivity index (χ0) is 9.42. The molecule has 0 aliphatic heterocycles. The largest absolute Gasteiger partial charge is 0.476 e. The third kappa shape index (κ3) is 1.14. The molecule has 0 saturated carbocycles. The van der Waals surface area contributed by atoms with Crippen LogP contribution in [0.25, 0.3) is 5.65 Å². The second kappa shape index (κ2) is 2.55. The summed E-state index contributed by atoms with van der Waals surface area (Å²) < 4.78 is 1.69. The van der Waals surface area contributed by atoms with Crippen LogP contribution in [-0.2, 0) is 0 Å². The molecule has 2 heterocycles. The molecule has 2 rings (SSSR count). The number of imidazole rings is 1. The van der Waals surface area contributed by atoms with Crippen LogP contribution >= 0.6 is 0 Å². The maximum absolute atomic E-state index is 10.6. The average Bonchev–Trinajstić information content (AvgIpc) is 2.49. The van der Waals surface area contributed by atoms with Gasteiger partial charge in [-0.05, 0) is 6.92 Å². The Labute approximate surface area is 73.7 Å². The van der Waals surface area contributed by atoms with E-state index in [0.717, 1.165) is 5.69 Å². The van der Waals surface area contributed by atoms with Crippen LogP contribution in [0.15, 0.2) is 18.6 Å². The van der Waals surface area contributed by atoms with E-state index in [9.17, 15) is 4.79 Å². The van der Waals surface area contributed by atoms with Crippen molar-refractivity contribution in [2.45, 2.75) is 6.92 Å². The molecule has 0 spiro atoms. The van der Waals surface area contributed by atoms with Gasteiger partial charge in [-0.3, -0.25) is 4.98 Å². The highest BCUT2D eigenvalue weighted by molar-refractivity contribution is 5.86. The predicted molar refractivity (Wildman–Crippen MR) is 44.7 cm³/mol. The Kier molecular flexibility index (Phi) is 1.51. The van der Waals surface area contributed by atoms with Crippen LogP contribution in [0, 0.1) is 6.92 Å². The van der Waals surface area contributed by atoms with Crippen molar-refractivity contribution >= 4 is 11.6 Å². The van der Waals surface area contributed by atoms with Gasteiger partial charge in [0.05, 0.1) is 6.20 Å². The molecule has 0 aliphatic rings. The van der Waals surface area contributed by atoms with E-state index >= 15 is 0 Å². The van der Waals surface area contributed by atoms with Crippen LogP contribution in [0.4, 0.5) is 0 Å². The Bertz CT molecular complexity index is 475. The van der Waals surface area contributed by atoms with Crippen LogP contribution in [0.1, 0.15) is 16.2 Å². The molecule has 0 aromatic carbocycles. The zero-order valence-electron chi connectivity index (χ0n) is 6.93. The third-order valence-corrected chi connectivity index (χ3v) is 1.78. The molecule has 0 radical (unpaired) electrons. The van der Waals surface area contributed by atoms with Gasteiger partial charge < -0.3 is 9.51 Å². The summed E-state index contributed by atoms with van der Waals surface area (Å²) in [7, 11) is 0. The quantitative estimate of drug-likeness (QED) is 0.697. The molecular weight excluding hydrogens is 170 g/mol. The zero-order valence-corrected chi connectivity index (χ0v) is 6.93. The number of hydrogen-bond acceptors (Lipinski definition) is 3. The summed E-state index contributed by atoms with van der Waals surface area (Å²) in [6, 6.07) is 0. The molecular formula is C8H7N3O2. The number of aromatic nitrogens is 3. The first-order valence-electron chi connectivity index (χ1n) is 3.71. The molecule has 0 fully saturated rings. The average molecular weight is 177 g/mol. The summed E-state index contributed by atoms with van der Waals surface area (Å²) in [6.07, 6.45) is 4.66. The van der Waals surface area contributed by atoms with E-state index in [0.29, 0.717) is 5.65 Å². The van der Waals surface area contributed by atoms with Crippen LogP contribution in [0.3, 0.4) is 0 Å². The van der Waals surface area contributed by atoms with Gasteiger partial charge in [-0.25, -0.2) is 9.78 Å². The summed E-state index contributed by atoms with van der Waals surface area (Å²) in [5.74, 6) is -1.02. The Morgan fingerprint density at radius 1 is 1.54 bits per heavy atom. The minimum Gasteiger partial charge on any atom is -0.476 e. The molecule has 0 amide bonds. The van der Waals surface area contributed by atoms with Gasteiger partial charge in [-0.15, -0.1) is 0 Å². The standard InChI is InChI=1S/C8H7N3O2/c1-5-2-9-3-7-10-6(8(12)13)4-11(5)7/h2-4H,1H3,(H,12,13). The Morgan fingerprint density at radius 2 is 2.31 bits per heavy atom. The number of aryl methyl sites for hydroxylation is 1. The van der Waals surface area contributed by atoms with E-state index in [4.69, 9.17) is 5.11 Å². The van der Waals surface area contributed by atoms with Crippen molar-refractivity contribution in [3.63, 3.8) is 0 Å². The van der Waals surface area contributed by atoms with Crippen molar-refractivity contribution in [3.05, 3.63) is 30.0 Å². The highest BCUT2D eigenvalue weighted by atomic mass is 16.4. The number of nitrogens with zero attached hydrogens (tertiary/aromatic N) is 3. The summed E-state index contributed by atoms with van der Waals surface area (Å²) in [4.78, 5) is 18.4. The smallest absolute Gasteiger partial charge is 0.356 e. The SMILES string of the molecule is Cc1cncc2nc(C(=O)O)cn12. The molecule has 66 valence electrons. The van der Waals surface area contributed by atoms with Gasteiger partial charge >= 0.3 is 5.97 Å². The second-order valence-electron chi connectivity index (χ2n) is 2.71. The van der Waals surface area contributed by atoms with Gasteiger partial charge in [0.1, 0.15) is 0 Å². The number of carboxylic acid groups (broad SMARTS) is 1. The van der Waals surface area contributed by atoms with Crippen molar-refractivity contribution in [1.29, 1.82) is 0 Å². The highest BCUT2D eigenvalue weighted by Crippen LogP contribution is 2.06.